The summed E-state index contributed by atoms with van der Waals surface area (Å²) in [6.07, 6.45) is 16.8. The first kappa shape index (κ1) is 55.1. The fourth-order valence-electron chi connectivity index (χ4n) is 4.79. The minimum Gasteiger partial charge on any atom is -0.870 e. The maximum Gasteiger partial charge on any atom is 2.00 e. The monoisotopic (exact) mass is 1030 g/mol. The second-order valence-electron chi connectivity index (χ2n) is 12.1. The predicted octanol–water partition coefficient (Wildman–Crippen LogP) is -2.17. The Balaban J connectivity index is 0.000000313. The van der Waals surface area contributed by atoms with E-state index >= 15 is 0 Å². The molecule has 346 valence electrons. The van der Waals surface area contributed by atoms with Crippen molar-refractivity contribution in [1.82, 2.24) is 39.9 Å². The van der Waals surface area contributed by atoms with E-state index in [1.165, 1.54) is 6.07 Å². The molecular formula is C41H40Cl2N12O10Ru. The molecule has 22 nitrogen and oxygen atoms in total. The molecule has 0 aliphatic rings. The van der Waals surface area contributed by atoms with Crippen molar-refractivity contribution in [2.24, 2.45) is 0 Å². The average Bonchev–Trinajstić information content (AvgIpc) is 3.72. The minimum absolute atomic E-state index is 0. The van der Waals surface area contributed by atoms with Crippen molar-refractivity contribution < 1.29 is 87.1 Å². The minimum atomic E-state index is -4.69. The molecule has 0 unspecified atom stereocenters. The van der Waals surface area contributed by atoms with Crippen LogP contribution >= 0.6 is 0 Å². The van der Waals surface area contributed by atoms with Crippen molar-refractivity contribution in [3.05, 3.63) is 153 Å². The van der Waals surface area contributed by atoms with E-state index in [4.69, 9.17) is 74.9 Å². The van der Waals surface area contributed by atoms with Crippen LogP contribution in [0.15, 0.2) is 153 Å². The van der Waals surface area contributed by atoms with Crippen molar-refractivity contribution in [3.63, 3.8) is 0 Å². The zero-order valence-corrected chi connectivity index (χ0v) is 37.5. The van der Waals surface area contributed by atoms with Crippen molar-refractivity contribution in [2.75, 3.05) is 29.5 Å². The van der Waals surface area contributed by atoms with Crippen LogP contribution in [0.25, 0.3) is 44.2 Å². The van der Waals surface area contributed by atoms with Gasteiger partial charge in [-0.15, -0.1) is 5.52 Å². The molecule has 9 aromatic rings. The third-order valence-corrected chi connectivity index (χ3v) is 7.34. The van der Waals surface area contributed by atoms with Gasteiger partial charge in [0.15, 0.2) is 5.82 Å². The van der Waals surface area contributed by atoms with E-state index in [1.54, 1.807) is 123 Å². The van der Waals surface area contributed by atoms with Gasteiger partial charge in [-0.1, -0.05) is 30.0 Å². The molecule has 2 aromatic carbocycles. The Morgan fingerprint density at radius 1 is 0.561 bits per heavy atom. The predicted molar refractivity (Wildman–Crippen MR) is 221 cm³/mol. The van der Waals surface area contributed by atoms with Gasteiger partial charge in [-0.25, -0.2) is 9.97 Å². The number of nitrogens with zero attached hydrogens (tertiary/aromatic N) is 8. The number of fused-ring (bicyclic) bond motifs is 6. The molecule has 0 aliphatic carbocycles. The fourth-order valence-corrected chi connectivity index (χ4v) is 4.79. The van der Waals surface area contributed by atoms with Gasteiger partial charge in [-0.05, 0) is 79.0 Å². The Kier molecular flexibility index (Phi) is 23.4. The molecule has 10 N–H and O–H groups in total. The van der Waals surface area contributed by atoms with Gasteiger partial charge in [-0.3, -0.25) is 24.9 Å². The standard InChI is InChI=1S/C21H15N4O2.4C5H6N2.2ClHO4.Ru/c1-2-27-16-11-12(7-8-15(16)26)21-24-19-13-5-3-9-22-17(13)18-14(20(19)25-21)6-4-10-23-18;4*6-5-1-3-7-4-2-5;2*2-1(3,4)5;/h3-11H,2H2,1H3,(H-,22,23,24,25,26);4*1-4H,(H2,6,7);2*(H,2,3,4,5);/q-1;;;;;;;+2/p-1. The number of nitrogen functional groups attached to an aromatic ring is 4. The molecule has 0 atom stereocenters. The molecule has 0 aliphatic heterocycles. The summed E-state index contributed by atoms with van der Waals surface area (Å²) >= 11 is 0. The Labute approximate surface area is 393 Å². The zero-order chi connectivity index (χ0) is 47.8. The van der Waals surface area contributed by atoms with Crippen LogP contribution in [0.1, 0.15) is 6.92 Å². The number of imidazole rings is 1. The molecular weight excluding hydrogens is 993 g/mol. The van der Waals surface area contributed by atoms with Crippen LogP contribution in [0.4, 0.5) is 22.7 Å². The molecule has 66 heavy (non-hydrogen) atoms. The topological polar surface area (TPSA) is 420 Å². The number of hydrogen-bond donors (Lipinski definition) is 6. The van der Waals surface area contributed by atoms with E-state index in [2.05, 4.69) is 29.9 Å². The van der Waals surface area contributed by atoms with Crippen LogP contribution in [-0.4, -0.2) is 50.8 Å². The molecule has 7 aromatic heterocycles. The van der Waals surface area contributed by atoms with Crippen molar-refractivity contribution in [3.8, 4) is 22.9 Å². The largest absolute Gasteiger partial charge is 2.00 e. The Hall–Kier alpha value is -6.99. The number of benzene rings is 2. The quantitative estimate of drug-likeness (QED) is 0.0810. The second kappa shape index (κ2) is 28.0. The molecule has 0 bridgehead atoms. The number of nitrogens with two attached hydrogens (primary N) is 4. The SMILES string of the molecule is CCOc1cc(-c2nc3c4cccnc4c4[n-]cccc4c3n2)ccc1[O-].Nc1ccncc1.Nc1ccncc1.Nc1ccncc1.Nc1ccncc1.[O-][Cl+3]([O-])([O-])O.[O-][Cl+3]([O-])([O-])O.[Ru+2]. The normalized spacial score (nSPS) is 10.1. The third-order valence-electron chi connectivity index (χ3n) is 7.34. The van der Waals surface area contributed by atoms with Crippen molar-refractivity contribution in [2.45, 2.75) is 6.92 Å². The summed E-state index contributed by atoms with van der Waals surface area (Å²) in [4.78, 5) is 33.6. The number of pyridine rings is 6. The Morgan fingerprint density at radius 3 is 1.33 bits per heavy atom. The van der Waals surface area contributed by atoms with E-state index < -0.39 is 20.5 Å². The Morgan fingerprint density at radius 2 is 0.955 bits per heavy atom. The van der Waals surface area contributed by atoms with Gasteiger partial charge in [0.2, 0.25) is 0 Å². The van der Waals surface area contributed by atoms with Gasteiger partial charge >= 0.3 is 19.5 Å². The summed E-state index contributed by atoms with van der Waals surface area (Å²) in [5, 5.41) is 13.7. The smallest absolute Gasteiger partial charge is 0.870 e. The molecule has 0 saturated carbocycles. The zero-order valence-electron chi connectivity index (χ0n) is 34.3. The van der Waals surface area contributed by atoms with E-state index in [0.29, 0.717) is 18.2 Å². The molecule has 7 heterocycles. The fraction of sp³-hybridized carbons (Fsp3) is 0.0488. The van der Waals surface area contributed by atoms with Gasteiger partial charge in [0.25, 0.3) is 0 Å². The molecule has 0 amide bonds. The molecule has 25 heteroatoms. The van der Waals surface area contributed by atoms with E-state index in [-0.39, 0.29) is 25.2 Å². The van der Waals surface area contributed by atoms with E-state index in [0.717, 1.165) is 61.2 Å². The molecule has 0 radical (unpaired) electrons. The first-order valence-corrected chi connectivity index (χ1v) is 20.6. The van der Waals surface area contributed by atoms with Crippen LogP contribution in [0.3, 0.4) is 0 Å². The summed E-state index contributed by atoms with van der Waals surface area (Å²) in [6, 6.07) is 26.6. The number of anilines is 4. The van der Waals surface area contributed by atoms with E-state index in [9.17, 15) is 5.11 Å². The maximum atomic E-state index is 11.9. The van der Waals surface area contributed by atoms with Crippen molar-refractivity contribution >= 4 is 55.6 Å². The number of halogens is 2. The van der Waals surface area contributed by atoms with Crippen LogP contribution in [-0.2, 0) is 19.5 Å². The number of hydrogen-bond acceptors (Lipinski definition) is 21. The van der Waals surface area contributed by atoms with Gasteiger partial charge in [0, 0.05) is 89.5 Å². The molecule has 0 spiro atoms. The Bertz CT molecular complexity index is 2500. The molecule has 0 fully saturated rings. The summed E-state index contributed by atoms with van der Waals surface area (Å²) in [5.41, 5.74) is 28.2. The molecule has 0 saturated heterocycles. The third kappa shape index (κ3) is 21.6. The van der Waals surface area contributed by atoms with Crippen LogP contribution in [0.5, 0.6) is 11.5 Å². The second-order valence-corrected chi connectivity index (χ2v) is 13.6. The van der Waals surface area contributed by atoms with Gasteiger partial charge < -0.3 is 37.8 Å². The first-order chi connectivity index (χ1) is 30.8. The van der Waals surface area contributed by atoms with E-state index in [1.807, 2.05) is 31.2 Å². The summed E-state index contributed by atoms with van der Waals surface area (Å²) in [5.74, 6) is 0.704. The van der Waals surface area contributed by atoms with Gasteiger partial charge in [0.05, 0.1) is 47.4 Å². The van der Waals surface area contributed by atoms with Gasteiger partial charge in [-0.2, -0.15) is 34.2 Å². The summed E-state index contributed by atoms with van der Waals surface area (Å²) in [7, 11) is -9.39. The van der Waals surface area contributed by atoms with Crippen LogP contribution < -0.4 is 65.7 Å². The number of ether oxygens (including phenoxy) is 1. The van der Waals surface area contributed by atoms with Crippen LogP contribution in [0, 0.1) is 20.5 Å². The van der Waals surface area contributed by atoms with Crippen LogP contribution in [0.2, 0.25) is 0 Å². The van der Waals surface area contributed by atoms with Crippen molar-refractivity contribution in [1.29, 1.82) is 0 Å². The summed E-state index contributed by atoms with van der Waals surface area (Å²) < 4.78 is 70.9. The van der Waals surface area contributed by atoms with Gasteiger partial charge in [0.1, 0.15) is 11.3 Å². The average molecular weight is 1030 g/mol. The molecule has 9 rings (SSSR count). The number of aromatic nitrogens is 8. The maximum absolute atomic E-state index is 11.9. The first-order valence-electron chi connectivity index (χ1n) is 18.1. The number of rotatable bonds is 3. The summed E-state index contributed by atoms with van der Waals surface area (Å²) in [6.45, 7) is 2.27.